The maximum absolute atomic E-state index is 15.1. The van der Waals surface area contributed by atoms with E-state index in [1.165, 1.54) is 0 Å². The summed E-state index contributed by atoms with van der Waals surface area (Å²) in [5.74, 6) is 2.23. The molecule has 2 aromatic heterocycles. The molecule has 1 saturated carbocycles. The summed E-state index contributed by atoms with van der Waals surface area (Å²) in [6, 6.07) is 8.06. The first-order chi connectivity index (χ1) is 16.5. The van der Waals surface area contributed by atoms with Gasteiger partial charge in [-0.05, 0) is 89.1 Å². The third-order valence-corrected chi connectivity index (χ3v) is 7.85. The molecule has 2 aliphatic heterocycles. The molecule has 4 heterocycles. The summed E-state index contributed by atoms with van der Waals surface area (Å²) < 4.78 is 21.3. The van der Waals surface area contributed by atoms with Gasteiger partial charge in [0.05, 0.1) is 16.9 Å². The second-order valence-corrected chi connectivity index (χ2v) is 10.6. The van der Waals surface area contributed by atoms with Crippen LogP contribution in [0.25, 0.3) is 22.3 Å². The van der Waals surface area contributed by atoms with Gasteiger partial charge in [-0.1, -0.05) is 0 Å². The molecule has 3 aliphatic rings. The van der Waals surface area contributed by atoms with Crippen molar-refractivity contribution in [2.45, 2.75) is 63.1 Å². The molecule has 2 saturated heterocycles. The smallest absolute Gasteiger partial charge is 0.132 e. The van der Waals surface area contributed by atoms with Gasteiger partial charge in [-0.3, -0.25) is 5.10 Å². The third kappa shape index (κ3) is 4.48. The van der Waals surface area contributed by atoms with Crippen LogP contribution >= 0.6 is 0 Å². The molecule has 1 aromatic carbocycles. The van der Waals surface area contributed by atoms with Crippen LogP contribution < -0.4 is 15.0 Å². The lowest BCUT2D eigenvalue weighted by atomic mass is 9.81. The molecule has 0 amide bonds. The number of alkyl halides is 1. The van der Waals surface area contributed by atoms with E-state index in [1.807, 2.05) is 18.2 Å². The van der Waals surface area contributed by atoms with E-state index in [-0.39, 0.29) is 5.60 Å². The van der Waals surface area contributed by atoms with Crippen LogP contribution in [-0.2, 0) is 0 Å². The van der Waals surface area contributed by atoms with E-state index in [9.17, 15) is 0 Å². The lowest BCUT2D eigenvalue weighted by Gasteiger charge is -2.38. The molecule has 0 bridgehead atoms. The van der Waals surface area contributed by atoms with Crippen molar-refractivity contribution in [3.8, 4) is 17.1 Å². The van der Waals surface area contributed by atoms with Crippen LogP contribution in [0.15, 0.2) is 30.6 Å². The molecule has 0 unspecified atom stereocenters. The maximum Gasteiger partial charge on any atom is 0.132 e. The Kier molecular flexibility index (Phi) is 5.43. The van der Waals surface area contributed by atoms with Gasteiger partial charge in [-0.25, -0.2) is 14.4 Å². The highest BCUT2D eigenvalue weighted by Crippen LogP contribution is 2.41. The van der Waals surface area contributed by atoms with Crippen molar-refractivity contribution in [2.75, 3.05) is 31.1 Å². The highest BCUT2D eigenvalue weighted by molar-refractivity contribution is 5.93. The standard InChI is InChI=1S/C26H33FN6O/c1-25(6-7-25)34-19-2-3-21-20(14-19)24(32-31-21)22-15-23(30-17-29-22)33-12-4-18(5-13-33)16-26(27)8-10-28-11-9-26/h2-3,14-15,17-18,28H,4-13,16H2,1H3,(H,31,32). The van der Waals surface area contributed by atoms with E-state index in [0.717, 1.165) is 85.7 Å². The first kappa shape index (κ1) is 21.8. The fraction of sp³-hybridized carbons (Fsp3) is 0.577. The summed E-state index contributed by atoms with van der Waals surface area (Å²) in [4.78, 5) is 11.4. The van der Waals surface area contributed by atoms with Crippen molar-refractivity contribution >= 4 is 16.7 Å². The largest absolute Gasteiger partial charge is 0.488 e. The van der Waals surface area contributed by atoms with Crippen molar-refractivity contribution < 1.29 is 9.13 Å². The molecule has 2 N–H and O–H groups in total. The fourth-order valence-electron chi connectivity index (χ4n) is 5.43. The Balaban J connectivity index is 1.16. The summed E-state index contributed by atoms with van der Waals surface area (Å²) in [6.45, 7) is 5.54. The number of H-pyrrole nitrogens is 1. The van der Waals surface area contributed by atoms with E-state index >= 15 is 4.39 Å². The van der Waals surface area contributed by atoms with Crippen LogP contribution in [0.1, 0.15) is 51.9 Å². The quantitative estimate of drug-likeness (QED) is 0.553. The first-order valence-electron chi connectivity index (χ1n) is 12.6. The molecule has 8 heteroatoms. The van der Waals surface area contributed by atoms with E-state index < -0.39 is 5.67 Å². The summed E-state index contributed by atoms with van der Waals surface area (Å²) >= 11 is 0. The molecule has 0 spiro atoms. The first-order valence-corrected chi connectivity index (χ1v) is 12.6. The number of hydrogen-bond donors (Lipinski definition) is 2. The van der Waals surface area contributed by atoms with Gasteiger partial charge >= 0.3 is 0 Å². The van der Waals surface area contributed by atoms with Crippen molar-refractivity contribution in [1.29, 1.82) is 0 Å². The second-order valence-electron chi connectivity index (χ2n) is 10.6. The molecule has 180 valence electrons. The van der Waals surface area contributed by atoms with Crippen LogP contribution in [0.5, 0.6) is 5.75 Å². The van der Waals surface area contributed by atoms with Crippen LogP contribution in [0.2, 0.25) is 0 Å². The number of aromatic nitrogens is 4. The van der Waals surface area contributed by atoms with Gasteiger partial charge in [0.1, 0.15) is 29.2 Å². The number of piperidine rings is 2. The van der Waals surface area contributed by atoms with Crippen molar-refractivity contribution in [2.24, 2.45) is 5.92 Å². The molecule has 3 aromatic rings. The Labute approximate surface area is 199 Å². The number of anilines is 1. The molecular formula is C26H33FN6O. The summed E-state index contributed by atoms with van der Waals surface area (Å²) in [5.41, 5.74) is 1.58. The zero-order chi connectivity index (χ0) is 23.2. The second kappa shape index (κ2) is 8.48. The van der Waals surface area contributed by atoms with Gasteiger partial charge in [0.25, 0.3) is 0 Å². The number of nitrogens with one attached hydrogen (secondary N) is 2. The van der Waals surface area contributed by atoms with Crippen LogP contribution in [0.4, 0.5) is 10.2 Å². The fourth-order valence-corrected chi connectivity index (χ4v) is 5.43. The zero-order valence-electron chi connectivity index (χ0n) is 19.8. The van der Waals surface area contributed by atoms with E-state index in [2.05, 4.69) is 43.4 Å². The number of fused-ring (bicyclic) bond motifs is 1. The minimum Gasteiger partial charge on any atom is -0.488 e. The van der Waals surface area contributed by atoms with Gasteiger partial charge in [0, 0.05) is 24.5 Å². The van der Waals surface area contributed by atoms with Crippen LogP contribution in [-0.4, -0.2) is 57.6 Å². The summed E-state index contributed by atoms with van der Waals surface area (Å²) in [5, 5.41) is 11.9. The molecule has 1 aliphatic carbocycles. The maximum atomic E-state index is 15.1. The number of rotatable bonds is 6. The number of hydrogen-bond acceptors (Lipinski definition) is 6. The number of benzene rings is 1. The Bertz CT molecular complexity index is 1160. The Morgan fingerprint density at radius 2 is 1.88 bits per heavy atom. The minimum atomic E-state index is -0.985. The highest BCUT2D eigenvalue weighted by atomic mass is 19.1. The molecule has 0 atom stereocenters. The van der Waals surface area contributed by atoms with Crippen LogP contribution in [0, 0.1) is 5.92 Å². The number of aromatic amines is 1. The number of halogens is 1. The molecule has 6 rings (SSSR count). The van der Waals surface area contributed by atoms with Crippen molar-refractivity contribution in [3.63, 3.8) is 0 Å². The summed E-state index contributed by atoms with van der Waals surface area (Å²) in [6.07, 6.45) is 7.81. The normalized spacial score (nSPS) is 22.1. The average molecular weight is 465 g/mol. The Morgan fingerprint density at radius 3 is 2.65 bits per heavy atom. The zero-order valence-corrected chi connectivity index (χ0v) is 19.8. The van der Waals surface area contributed by atoms with Gasteiger partial charge in [-0.15, -0.1) is 0 Å². The minimum absolute atomic E-state index is 0.0263. The summed E-state index contributed by atoms with van der Waals surface area (Å²) in [7, 11) is 0. The molecule has 3 fully saturated rings. The number of nitrogens with zero attached hydrogens (tertiary/aromatic N) is 4. The molecule has 34 heavy (non-hydrogen) atoms. The predicted molar refractivity (Wildman–Crippen MR) is 131 cm³/mol. The lowest BCUT2D eigenvalue weighted by molar-refractivity contribution is 0.0774. The Hall–Kier alpha value is -2.74. The molecule has 0 radical (unpaired) electrons. The molecule has 7 nitrogen and oxygen atoms in total. The monoisotopic (exact) mass is 464 g/mol. The van der Waals surface area contributed by atoms with E-state index in [4.69, 9.17) is 4.74 Å². The van der Waals surface area contributed by atoms with Gasteiger partial charge in [0.15, 0.2) is 0 Å². The number of ether oxygens (including phenoxy) is 1. The van der Waals surface area contributed by atoms with E-state index in [1.54, 1.807) is 6.33 Å². The molecular weight excluding hydrogens is 431 g/mol. The van der Waals surface area contributed by atoms with E-state index in [0.29, 0.717) is 25.2 Å². The third-order valence-electron chi connectivity index (χ3n) is 7.85. The van der Waals surface area contributed by atoms with Gasteiger partial charge < -0.3 is 15.0 Å². The van der Waals surface area contributed by atoms with Gasteiger partial charge in [0.2, 0.25) is 0 Å². The SMILES string of the molecule is CC1(Oc2ccc3n[nH]c(-c4cc(N5CCC(CC6(F)CCNCC6)CC5)ncn4)c3c2)CC1. The average Bonchev–Trinajstić information content (AvgIpc) is 3.42. The Morgan fingerprint density at radius 1 is 1.09 bits per heavy atom. The van der Waals surface area contributed by atoms with Crippen molar-refractivity contribution in [3.05, 3.63) is 30.6 Å². The highest BCUT2D eigenvalue weighted by Gasteiger charge is 2.40. The van der Waals surface area contributed by atoms with Gasteiger partial charge in [-0.2, -0.15) is 5.10 Å². The lowest BCUT2D eigenvalue weighted by Crippen LogP contribution is -2.42. The van der Waals surface area contributed by atoms with Crippen molar-refractivity contribution in [1.82, 2.24) is 25.5 Å². The topological polar surface area (TPSA) is 79.0 Å². The van der Waals surface area contributed by atoms with Crippen LogP contribution in [0.3, 0.4) is 0 Å². The predicted octanol–water partition coefficient (Wildman–Crippen LogP) is 4.65.